The second-order valence-electron chi connectivity index (χ2n) is 5.64. The van der Waals surface area contributed by atoms with Crippen molar-refractivity contribution < 1.29 is 4.79 Å². The second kappa shape index (κ2) is 6.94. The fourth-order valence-corrected chi connectivity index (χ4v) is 3.56. The Morgan fingerprint density at radius 3 is 2.62 bits per heavy atom. The van der Waals surface area contributed by atoms with Gasteiger partial charge in [0.15, 0.2) is 0 Å². The van der Waals surface area contributed by atoms with Crippen molar-refractivity contribution in [3.8, 4) is 0 Å². The van der Waals surface area contributed by atoms with Crippen LogP contribution in [0.3, 0.4) is 0 Å². The molecule has 1 aromatic carbocycles. The number of carbonyl (C=O) groups is 1. The van der Waals surface area contributed by atoms with E-state index in [0.29, 0.717) is 10.6 Å². The molecule has 4 heteroatoms. The number of nitrogen functional groups attached to an aromatic ring is 1. The van der Waals surface area contributed by atoms with Gasteiger partial charge in [0.1, 0.15) is 4.88 Å². The third-order valence-corrected chi connectivity index (χ3v) is 4.89. The van der Waals surface area contributed by atoms with Gasteiger partial charge < -0.3 is 10.6 Å². The van der Waals surface area contributed by atoms with Crippen molar-refractivity contribution in [2.45, 2.75) is 46.1 Å². The first kappa shape index (κ1) is 15.8. The molecule has 2 rings (SSSR count). The Balaban J connectivity index is 2.28. The van der Waals surface area contributed by atoms with Gasteiger partial charge in [-0.1, -0.05) is 38.0 Å². The molecule has 114 valence electrons. The van der Waals surface area contributed by atoms with Crippen molar-refractivity contribution in [3.05, 3.63) is 29.1 Å². The monoisotopic (exact) mass is 304 g/mol. The summed E-state index contributed by atoms with van der Waals surface area (Å²) in [5.41, 5.74) is 6.82. The first-order valence-electron chi connectivity index (χ1n) is 7.64. The summed E-state index contributed by atoms with van der Waals surface area (Å²) in [6.07, 6.45) is 3.36. The van der Waals surface area contributed by atoms with E-state index in [1.54, 1.807) is 0 Å². The number of anilines is 1. The van der Waals surface area contributed by atoms with Gasteiger partial charge >= 0.3 is 0 Å². The van der Waals surface area contributed by atoms with Gasteiger partial charge in [-0.25, -0.2) is 0 Å². The molecule has 0 radical (unpaired) electrons. The van der Waals surface area contributed by atoms with Crippen LogP contribution in [-0.2, 0) is 0 Å². The molecule has 1 aromatic heterocycles. The zero-order valence-electron chi connectivity index (χ0n) is 13.1. The first-order chi connectivity index (χ1) is 10.1. The third-order valence-electron chi connectivity index (χ3n) is 3.71. The Hall–Kier alpha value is -1.55. The van der Waals surface area contributed by atoms with E-state index in [1.807, 2.05) is 29.2 Å². The lowest BCUT2D eigenvalue weighted by molar-refractivity contribution is 0.0708. The molecular formula is C17H24N2OS. The lowest BCUT2D eigenvalue weighted by atomic mass is 10.2. The summed E-state index contributed by atoms with van der Waals surface area (Å²) in [5.74, 6) is 0.0693. The molecule has 0 fully saturated rings. The molecule has 0 aliphatic carbocycles. The first-order valence-corrected chi connectivity index (χ1v) is 8.45. The highest BCUT2D eigenvalue weighted by Gasteiger charge is 2.23. The van der Waals surface area contributed by atoms with Crippen molar-refractivity contribution in [2.24, 2.45) is 0 Å². The maximum Gasteiger partial charge on any atom is 0.266 e. The van der Waals surface area contributed by atoms with Crippen LogP contribution in [0.25, 0.3) is 10.1 Å². The molecule has 1 heterocycles. The predicted octanol–water partition coefficient (Wildman–Crippen LogP) is 4.52. The summed E-state index contributed by atoms with van der Waals surface area (Å²) >= 11 is 1.50. The number of carbonyl (C=O) groups excluding carboxylic acids is 1. The van der Waals surface area contributed by atoms with Gasteiger partial charge in [0.05, 0.1) is 5.69 Å². The summed E-state index contributed by atoms with van der Waals surface area (Å²) in [4.78, 5) is 15.5. The fraction of sp³-hybridized carbons (Fsp3) is 0.471. The number of thiophene rings is 1. The number of rotatable bonds is 6. The molecule has 0 spiro atoms. The normalized spacial score (nSPS) is 11.2. The van der Waals surface area contributed by atoms with Crippen molar-refractivity contribution in [2.75, 3.05) is 12.3 Å². The summed E-state index contributed by atoms with van der Waals surface area (Å²) in [7, 11) is 0. The molecule has 0 bridgehead atoms. The van der Waals surface area contributed by atoms with Crippen LogP contribution in [0.1, 0.15) is 49.7 Å². The molecule has 0 unspecified atom stereocenters. The van der Waals surface area contributed by atoms with Crippen LogP contribution >= 0.6 is 11.3 Å². The van der Waals surface area contributed by atoms with Crippen molar-refractivity contribution in [3.63, 3.8) is 0 Å². The van der Waals surface area contributed by atoms with Crippen LogP contribution in [0.5, 0.6) is 0 Å². The maximum atomic E-state index is 12.8. The number of hydrogen-bond acceptors (Lipinski definition) is 3. The van der Waals surface area contributed by atoms with E-state index >= 15 is 0 Å². The minimum absolute atomic E-state index is 0.0693. The zero-order valence-corrected chi connectivity index (χ0v) is 13.9. The molecule has 2 N–H and O–H groups in total. The van der Waals surface area contributed by atoms with E-state index in [9.17, 15) is 4.79 Å². The van der Waals surface area contributed by atoms with Crippen LogP contribution in [0.15, 0.2) is 24.3 Å². The van der Waals surface area contributed by atoms with Gasteiger partial charge in [-0.15, -0.1) is 11.3 Å². The molecule has 0 saturated carbocycles. The number of benzene rings is 1. The highest BCUT2D eigenvalue weighted by atomic mass is 32.1. The van der Waals surface area contributed by atoms with Crippen molar-refractivity contribution in [1.82, 2.24) is 4.90 Å². The molecule has 1 amide bonds. The smallest absolute Gasteiger partial charge is 0.266 e. The molecule has 0 aliphatic rings. The Bertz CT molecular complexity index is 618. The standard InChI is InChI=1S/C17H24N2OS/c1-4-5-8-11-19(12(2)3)17(20)16-15(18)13-9-6-7-10-14(13)21-16/h6-7,9-10,12H,4-5,8,11,18H2,1-3H3. The molecule has 0 atom stereocenters. The molecule has 2 aromatic rings. The van der Waals surface area contributed by atoms with Gasteiger partial charge in [0.2, 0.25) is 0 Å². The quantitative estimate of drug-likeness (QED) is 0.797. The van der Waals surface area contributed by atoms with Gasteiger partial charge in [0.25, 0.3) is 5.91 Å². The van der Waals surface area contributed by atoms with Gasteiger partial charge in [-0.3, -0.25) is 4.79 Å². The van der Waals surface area contributed by atoms with Crippen LogP contribution < -0.4 is 5.73 Å². The molecule has 21 heavy (non-hydrogen) atoms. The van der Waals surface area contributed by atoms with Gasteiger partial charge in [-0.2, -0.15) is 0 Å². The number of unbranched alkanes of at least 4 members (excludes halogenated alkanes) is 2. The highest BCUT2D eigenvalue weighted by Crippen LogP contribution is 2.34. The molecule has 3 nitrogen and oxygen atoms in total. The molecule has 0 saturated heterocycles. The molecule has 0 aliphatic heterocycles. The average Bonchev–Trinajstić information content (AvgIpc) is 2.80. The molecular weight excluding hydrogens is 280 g/mol. The van der Waals surface area contributed by atoms with E-state index in [4.69, 9.17) is 5.73 Å². The minimum Gasteiger partial charge on any atom is -0.397 e. The van der Waals surface area contributed by atoms with E-state index in [1.165, 1.54) is 11.3 Å². The summed E-state index contributed by atoms with van der Waals surface area (Å²) in [6, 6.07) is 8.13. The van der Waals surface area contributed by atoms with Crippen molar-refractivity contribution in [1.29, 1.82) is 0 Å². The van der Waals surface area contributed by atoms with E-state index in [2.05, 4.69) is 20.8 Å². The largest absolute Gasteiger partial charge is 0.397 e. The highest BCUT2D eigenvalue weighted by molar-refractivity contribution is 7.21. The van der Waals surface area contributed by atoms with Crippen LogP contribution in [0.4, 0.5) is 5.69 Å². The Morgan fingerprint density at radius 1 is 1.29 bits per heavy atom. The second-order valence-corrected chi connectivity index (χ2v) is 6.69. The zero-order chi connectivity index (χ0) is 15.4. The fourth-order valence-electron chi connectivity index (χ4n) is 2.48. The Morgan fingerprint density at radius 2 is 2.00 bits per heavy atom. The number of nitrogens with two attached hydrogens (primary N) is 1. The van der Waals surface area contributed by atoms with Gasteiger partial charge in [-0.05, 0) is 26.3 Å². The summed E-state index contributed by atoms with van der Waals surface area (Å²) < 4.78 is 1.08. The Labute approximate surface area is 130 Å². The van der Waals surface area contributed by atoms with E-state index < -0.39 is 0 Å². The van der Waals surface area contributed by atoms with Gasteiger partial charge in [0, 0.05) is 22.7 Å². The Kier molecular flexibility index (Phi) is 5.23. The topological polar surface area (TPSA) is 46.3 Å². The number of amides is 1. The average molecular weight is 304 g/mol. The summed E-state index contributed by atoms with van der Waals surface area (Å²) in [6.45, 7) is 7.10. The number of fused-ring (bicyclic) bond motifs is 1. The number of hydrogen-bond donors (Lipinski definition) is 1. The van der Waals surface area contributed by atoms with Crippen LogP contribution in [-0.4, -0.2) is 23.4 Å². The maximum absolute atomic E-state index is 12.8. The SMILES string of the molecule is CCCCCN(C(=O)c1sc2ccccc2c1N)C(C)C. The number of nitrogens with zero attached hydrogens (tertiary/aromatic N) is 1. The predicted molar refractivity (Wildman–Crippen MR) is 91.9 cm³/mol. The van der Waals surface area contributed by atoms with E-state index in [-0.39, 0.29) is 11.9 Å². The summed E-state index contributed by atoms with van der Waals surface area (Å²) in [5, 5.41) is 0.989. The lowest BCUT2D eigenvalue weighted by Crippen LogP contribution is -2.37. The van der Waals surface area contributed by atoms with Crippen LogP contribution in [0, 0.1) is 0 Å². The van der Waals surface area contributed by atoms with Crippen molar-refractivity contribution >= 4 is 33.0 Å². The van der Waals surface area contributed by atoms with E-state index in [0.717, 1.165) is 35.9 Å². The lowest BCUT2D eigenvalue weighted by Gasteiger charge is -2.26. The third kappa shape index (κ3) is 3.38. The minimum atomic E-state index is 0.0693. The van der Waals surface area contributed by atoms with Crippen LogP contribution in [0.2, 0.25) is 0 Å².